The second-order valence-electron chi connectivity index (χ2n) is 5.39. The highest BCUT2D eigenvalue weighted by molar-refractivity contribution is 6.35. The molecule has 0 spiro atoms. The average Bonchev–Trinajstić information content (AvgIpc) is 2.53. The fraction of sp³-hybridized carbons (Fsp3) is 0.222. The van der Waals surface area contributed by atoms with Gasteiger partial charge in [-0.25, -0.2) is 0 Å². The summed E-state index contributed by atoms with van der Waals surface area (Å²) in [5.74, 6) is 0.101. The molecular formula is C18H18Cl2N2O3. The van der Waals surface area contributed by atoms with Gasteiger partial charge in [0.15, 0.2) is 0 Å². The molecule has 0 saturated heterocycles. The van der Waals surface area contributed by atoms with Crippen molar-refractivity contribution in [3.63, 3.8) is 0 Å². The number of hydrogen-bond acceptors (Lipinski definition) is 3. The van der Waals surface area contributed by atoms with Crippen LogP contribution in [0.1, 0.15) is 12.5 Å². The Morgan fingerprint density at radius 1 is 1.12 bits per heavy atom. The van der Waals surface area contributed by atoms with Crippen molar-refractivity contribution in [3.8, 4) is 5.75 Å². The van der Waals surface area contributed by atoms with Crippen LogP contribution in [0.2, 0.25) is 10.0 Å². The van der Waals surface area contributed by atoms with Gasteiger partial charge >= 0.3 is 0 Å². The minimum Gasteiger partial charge on any atom is -0.496 e. The zero-order valence-corrected chi connectivity index (χ0v) is 15.4. The van der Waals surface area contributed by atoms with E-state index in [0.29, 0.717) is 21.5 Å². The number of ether oxygens (including phenoxy) is 1. The van der Waals surface area contributed by atoms with Gasteiger partial charge in [0.2, 0.25) is 11.8 Å². The van der Waals surface area contributed by atoms with Crippen molar-refractivity contribution in [2.45, 2.75) is 13.5 Å². The molecule has 2 aromatic rings. The van der Waals surface area contributed by atoms with E-state index in [1.54, 1.807) is 25.3 Å². The zero-order chi connectivity index (χ0) is 18.4. The monoisotopic (exact) mass is 380 g/mol. The van der Waals surface area contributed by atoms with E-state index in [1.165, 1.54) is 11.8 Å². The molecule has 7 heteroatoms. The molecule has 0 aliphatic carbocycles. The maximum atomic E-state index is 12.3. The number of para-hydroxylation sites is 1. The van der Waals surface area contributed by atoms with Crippen molar-refractivity contribution < 1.29 is 14.3 Å². The summed E-state index contributed by atoms with van der Waals surface area (Å²) < 4.78 is 5.29. The molecule has 132 valence electrons. The standard InChI is InChI=1S/C18H18Cl2N2O3/c1-12(23)22(10-13-5-3-4-6-17(13)25-2)11-18(24)21-16-8-14(19)7-15(20)9-16/h3-9H,10-11H2,1-2H3,(H,21,24). The van der Waals surface area contributed by atoms with Crippen LogP contribution in [0.3, 0.4) is 0 Å². The van der Waals surface area contributed by atoms with Gasteiger partial charge in [0.1, 0.15) is 12.3 Å². The number of nitrogens with zero attached hydrogens (tertiary/aromatic N) is 1. The van der Waals surface area contributed by atoms with E-state index in [-0.39, 0.29) is 24.9 Å². The smallest absolute Gasteiger partial charge is 0.244 e. The Kier molecular flexibility index (Phi) is 6.67. The first-order chi connectivity index (χ1) is 11.9. The molecular weight excluding hydrogens is 363 g/mol. The molecule has 1 N–H and O–H groups in total. The van der Waals surface area contributed by atoms with Gasteiger partial charge in [-0.15, -0.1) is 0 Å². The Labute approximate surface area is 156 Å². The zero-order valence-electron chi connectivity index (χ0n) is 13.9. The van der Waals surface area contributed by atoms with Crippen molar-refractivity contribution in [3.05, 3.63) is 58.1 Å². The third-order valence-electron chi connectivity index (χ3n) is 3.48. The highest BCUT2D eigenvalue weighted by atomic mass is 35.5. The highest BCUT2D eigenvalue weighted by Crippen LogP contribution is 2.23. The van der Waals surface area contributed by atoms with Crippen molar-refractivity contribution >= 4 is 40.7 Å². The molecule has 0 unspecified atom stereocenters. The molecule has 2 amide bonds. The van der Waals surface area contributed by atoms with E-state index >= 15 is 0 Å². The molecule has 0 aliphatic rings. The number of halogens is 2. The topological polar surface area (TPSA) is 58.6 Å². The Morgan fingerprint density at radius 3 is 2.36 bits per heavy atom. The van der Waals surface area contributed by atoms with E-state index in [9.17, 15) is 9.59 Å². The first-order valence-electron chi connectivity index (χ1n) is 7.52. The van der Waals surface area contributed by atoms with Crippen molar-refractivity contribution in [2.75, 3.05) is 19.0 Å². The van der Waals surface area contributed by atoms with Gasteiger partial charge in [-0.05, 0) is 24.3 Å². The molecule has 0 saturated carbocycles. The fourth-order valence-corrected chi connectivity index (χ4v) is 2.84. The Balaban J connectivity index is 2.08. The van der Waals surface area contributed by atoms with Gasteiger partial charge < -0.3 is 15.0 Å². The molecule has 0 heterocycles. The number of carbonyl (C=O) groups is 2. The molecule has 0 aromatic heterocycles. The van der Waals surface area contributed by atoms with Crippen LogP contribution in [-0.4, -0.2) is 30.4 Å². The van der Waals surface area contributed by atoms with Gasteiger partial charge in [-0.3, -0.25) is 9.59 Å². The van der Waals surface area contributed by atoms with E-state index in [2.05, 4.69) is 5.32 Å². The van der Waals surface area contributed by atoms with Gasteiger partial charge in [0.25, 0.3) is 0 Å². The van der Waals surface area contributed by atoms with Crippen LogP contribution in [0.25, 0.3) is 0 Å². The SMILES string of the molecule is COc1ccccc1CN(CC(=O)Nc1cc(Cl)cc(Cl)c1)C(C)=O. The maximum Gasteiger partial charge on any atom is 0.244 e. The number of nitrogens with one attached hydrogen (secondary N) is 1. The molecule has 0 fully saturated rings. The number of methoxy groups -OCH3 is 1. The summed E-state index contributed by atoms with van der Waals surface area (Å²) in [4.78, 5) is 25.6. The Morgan fingerprint density at radius 2 is 1.76 bits per heavy atom. The third kappa shape index (κ3) is 5.66. The van der Waals surface area contributed by atoms with Crippen LogP contribution in [0.15, 0.2) is 42.5 Å². The molecule has 0 aliphatic heterocycles. The molecule has 0 bridgehead atoms. The Bertz CT molecular complexity index is 760. The number of amides is 2. The van der Waals surface area contributed by atoms with Gasteiger partial charge in [-0.1, -0.05) is 41.4 Å². The van der Waals surface area contributed by atoms with E-state index in [1.807, 2.05) is 24.3 Å². The van der Waals surface area contributed by atoms with E-state index in [0.717, 1.165) is 5.56 Å². The van der Waals surface area contributed by atoms with Crippen molar-refractivity contribution in [1.82, 2.24) is 4.90 Å². The first kappa shape index (κ1) is 19.1. The van der Waals surface area contributed by atoms with Crippen LogP contribution in [0.4, 0.5) is 5.69 Å². The van der Waals surface area contributed by atoms with Crippen LogP contribution in [0, 0.1) is 0 Å². The lowest BCUT2D eigenvalue weighted by Gasteiger charge is -2.22. The minimum atomic E-state index is -0.344. The van der Waals surface area contributed by atoms with Gasteiger partial charge in [0, 0.05) is 34.8 Å². The van der Waals surface area contributed by atoms with Crippen molar-refractivity contribution in [2.24, 2.45) is 0 Å². The largest absolute Gasteiger partial charge is 0.496 e. The van der Waals surface area contributed by atoms with Crippen LogP contribution >= 0.6 is 23.2 Å². The minimum absolute atomic E-state index is 0.0997. The molecule has 25 heavy (non-hydrogen) atoms. The molecule has 0 atom stereocenters. The lowest BCUT2D eigenvalue weighted by molar-refractivity contribution is -0.133. The lowest BCUT2D eigenvalue weighted by atomic mass is 10.2. The number of anilines is 1. The fourth-order valence-electron chi connectivity index (χ4n) is 2.32. The van der Waals surface area contributed by atoms with Gasteiger partial charge in [0.05, 0.1) is 7.11 Å². The lowest BCUT2D eigenvalue weighted by Crippen LogP contribution is -2.36. The summed E-state index contributed by atoms with van der Waals surface area (Å²) in [6.45, 7) is 1.58. The van der Waals surface area contributed by atoms with Crippen LogP contribution in [0.5, 0.6) is 5.75 Å². The van der Waals surface area contributed by atoms with Crippen LogP contribution < -0.4 is 10.1 Å². The molecule has 2 rings (SSSR count). The second kappa shape index (κ2) is 8.74. The van der Waals surface area contributed by atoms with Crippen LogP contribution in [-0.2, 0) is 16.1 Å². The summed E-state index contributed by atoms with van der Waals surface area (Å²) in [6, 6.07) is 12.1. The van der Waals surface area contributed by atoms with Gasteiger partial charge in [-0.2, -0.15) is 0 Å². The van der Waals surface area contributed by atoms with Crippen molar-refractivity contribution in [1.29, 1.82) is 0 Å². The summed E-state index contributed by atoms with van der Waals surface area (Å²) in [7, 11) is 1.56. The number of benzene rings is 2. The summed E-state index contributed by atoms with van der Waals surface area (Å²) in [5, 5.41) is 3.52. The predicted octanol–water partition coefficient (Wildman–Crippen LogP) is 3.99. The number of carbonyl (C=O) groups excluding carboxylic acids is 2. The van der Waals surface area contributed by atoms with E-state index < -0.39 is 0 Å². The Hall–Kier alpha value is -2.24. The predicted molar refractivity (Wildman–Crippen MR) is 99.2 cm³/mol. The number of hydrogen-bond donors (Lipinski definition) is 1. The quantitative estimate of drug-likeness (QED) is 0.823. The molecule has 0 radical (unpaired) electrons. The maximum absolute atomic E-state index is 12.3. The summed E-state index contributed by atoms with van der Waals surface area (Å²) in [5.41, 5.74) is 1.29. The average molecular weight is 381 g/mol. The molecule has 5 nitrogen and oxygen atoms in total. The second-order valence-corrected chi connectivity index (χ2v) is 6.27. The van der Waals surface area contributed by atoms with E-state index in [4.69, 9.17) is 27.9 Å². The summed E-state index contributed by atoms with van der Waals surface area (Å²) >= 11 is 11.8. The highest BCUT2D eigenvalue weighted by Gasteiger charge is 2.16. The number of rotatable bonds is 6. The normalized spacial score (nSPS) is 10.2. The third-order valence-corrected chi connectivity index (χ3v) is 3.92. The first-order valence-corrected chi connectivity index (χ1v) is 8.28. The summed E-state index contributed by atoms with van der Waals surface area (Å²) in [6.07, 6.45) is 0. The molecule has 2 aromatic carbocycles.